The molecule has 0 bridgehead atoms. The third kappa shape index (κ3) is 3.24. The third-order valence-electron chi connectivity index (χ3n) is 3.08. The van der Waals surface area contributed by atoms with E-state index in [0.717, 1.165) is 12.8 Å². The Morgan fingerprint density at radius 3 is 2.68 bits per heavy atom. The number of rotatable bonds is 6. The van der Waals surface area contributed by atoms with Gasteiger partial charge in [-0.3, -0.25) is 4.79 Å². The fourth-order valence-corrected chi connectivity index (χ4v) is 1.97. The summed E-state index contributed by atoms with van der Waals surface area (Å²) in [6.07, 6.45) is 1.70. The van der Waals surface area contributed by atoms with Crippen molar-refractivity contribution in [1.82, 2.24) is 5.32 Å². The van der Waals surface area contributed by atoms with Crippen LogP contribution in [-0.2, 0) is 4.79 Å². The van der Waals surface area contributed by atoms with E-state index < -0.39 is 17.9 Å². The van der Waals surface area contributed by atoms with E-state index in [4.69, 9.17) is 9.84 Å². The van der Waals surface area contributed by atoms with Crippen LogP contribution in [0.3, 0.4) is 0 Å². The van der Waals surface area contributed by atoms with Crippen molar-refractivity contribution in [3.05, 3.63) is 29.8 Å². The second-order valence-corrected chi connectivity index (χ2v) is 4.56. The molecule has 1 aromatic rings. The second-order valence-electron chi connectivity index (χ2n) is 4.56. The first-order valence-corrected chi connectivity index (χ1v) is 6.39. The highest BCUT2D eigenvalue weighted by atomic mass is 16.5. The molecule has 1 fully saturated rings. The van der Waals surface area contributed by atoms with Crippen molar-refractivity contribution in [3.8, 4) is 5.75 Å². The summed E-state index contributed by atoms with van der Waals surface area (Å²) in [5, 5.41) is 11.7. The van der Waals surface area contributed by atoms with Gasteiger partial charge in [0, 0.05) is 0 Å². The maximum absolute atomic E-state index is 12.1. The molecule has 5 heteroatoms. The van der Waals surface area contributed by atoms with E-state index in [1.807, 2.05) is 6.92 Å². The molecule has 0 aromatic heterocycles. The lowest BCUT2D eigenvalue weighted by Gasteiger charge is -2.15. The van der Waals surface area contributed by atoms with Gasteiger partial charge in [0.05, 0.1) is 12.2 Å². The number of carboxylic acid groups (broad SMARTS) is 1. The summed E-state index contributed by atoms with van der Waals surface area (Å²) in [7, 11) is 0. The van der Waals surface area contributed by atoms with Crippen molar-refractivity contribution in [2.75, 3.05) is 6.61 Å². The number of carboxylic acids is 1. The van der Waals surface area contributed by atoms with E-state index in [1.54, 1.807) is 24.3 Å². The van der Waals surface area contributed by atoms with Gasteiger partial charge in [-0.25, -0.2) is 4.79 Å². The number of carbonyl (C=O) groups is 2. The molecule has 19 heavy (non-hydrogen) atoms. The maximum Gasteiger partial charge on any atom is 0.326 e. The van der Waals surface area contributed by atoms with Crippen molar-refractivity contribution in [1.29, 1.82) is 0 Å². The molecule has 0 heterocycles. The standard InChI is InChI=1S/C14H17NO4/c1-2-19-11-6-4-3-5-10(11)13(16)15-12(14(17)18)9-7-8-9/h3-6,9,12H,2,7-8H2,1H3,(H,15,16)(H,17,18). The minimum absolute atomic E-state index is 0.0562. The number of hydrogen-bond acceptors (Lipinski definition) is 3. The molecule has 0 saturated heterocycles. The molecule has 1 unspecified atom stereocenters. The topological polar surface area (TPSA) is 75.6 Å². The van der Waals surface area contributed by atoms with E-state index in [0.29, 0.717) is 17.9 Å². The van der Waals surface area contributed by atoms with Gasteiger partial charge in [-0.15, -0.1) is 0 Å². The molecule has 2 N–H and O–H groups in total. The van der Waals surface area contributed by atoms with Crippen molar-refractivity contribution < 1.29 is 19.4 Å². The Kier molecular flexibility index (Phi) is 4.04. The molecule has 1 aliphatic rings. The molecule has 0 spiro atoms. The first kappa shape index (κ1) is 13.4. The van der Waals surface area contributed by atoms with Gasteiger partial charge in [0.2, 0.25) is 0 Å². The number of aliphatic carboxylic acids is 1. The number of nitrogens with one attached hydrogen (secondary N) is 1. The average Bonchev–Trinajstić information content (AvgIpc) is 3.20. The molecular formula is C14H17NO4. The highest BCUT2D eigenvalue weighted by Gasteiger charge is 2.37. The van der Waals surface area contributed by atoms with E-state index >= 15 is 0 Å². The zero-order valence-electron chi connectivity index (χ0n) is 10.8. The average molecular weight is 263 g/mol. The van der Waals surface area contributed by atoms with E-state index in [-0.39, 0.29) is 5.92 Å². The molecule has 2 rings (SSSR count). The van der Waals surface area contributed by atoms with Crippen molar-refractivity contribution in [2.45, 2.75) is 25.8 Å². The molecule has 1 atom stereocenters. The number of amides is 1. The molecule has 0 radical (unpaired) electrons. The molecule has 1 aliphatic carbocycles. The van der Waals surface area contributed by atoms with Gasteiger partial charge in [-0.2, -0.15) is 0 Å². The zero-order valence-corrected chi connectivity index (χ0v) is 10.8. The van der Waals surface area contributed by atoms with Crippen molar-refractivity contribution in [3.63, 3.8) is 0 Å². The summed E-state index contributed by atoms with van der Waals surface area (Å²) in [5.74, 6) is -0.851. The Hall–Kier alpha value is -2.04. The smallest absolute Gasteiger partial charge is 0.326 e. The number of carbonyl (C=O) groups excluding carboxylic acids is 1. The van der Waals surface area contributed by atoms with E-state index in [9.17, 15) is 9.59 Å². The first-order valence-electron chi connectivity index (χ1n) is 6.39. The van der Waals surface area contributed by atoms with Crippen molar-refractivity contribution >= 4 is 11.9 Å². The predicted octanol–water partition coefficient (Wildman–Crippen LogP) is 1.68. The van der Waals surface area contributed by atoms with Crippen LogP contribution in [0.5, 0.6) is 5.75 Å². The van der Waals surface area contributed by atoms with Gasteiger partial charge < -0.3 is 15.2 Å². The Bertz CT molecular complexity index is 482. The number of ether oxygens (including phenoxy) is 1. The molecular weight excluding hydrogens is 246 g/mol. The normalized spacial score (nSPS) is 15.6. The summed E-state index contributed by atoms with van der Waals surface area (Å²) >= 11 is 0. The lowest BCUT2D eigenvalue weighted by Crippen LogP contribution is -2.42. The molecule has 1 aromatic carbocycles. The van der Waals surface area contributed by atoms with Gasteiger partial charge in [0.1, 0.15) is 11.8 Å². The van der Waals surface area contributed by atoms with Crippen LogP contribution in [-0.4, -0.2) is 29.6 Å². The van der Waals surface area contributed by atoms with Gasteiger partial charge in [0.15, 0.2) is 0 Å². The largest absolute Gasteiger partial charge is 0.493 e. The van der Waals surface area contributed by atoms with Crippen LogP contribution >= 0.6 is 0 Å². The summed E-state index contributed by atoms with van der Waals surface area (Å²) in [6, 6.07) is 6.03. The number of hydrogen-bond donors (Lipinski definition) is 2. The minimum Gasteiger partial charge on any atom is -0.493 e. The van der Waals surface area contributed by atoms with Crippen LogP contribution in [0.15, 0.2) is 24.3 Å². The molecule has 0 aliphatic heterocycles. The molecule has 5 nitrogen and oxygen atoms in total. The lowest BCUT2D eigenvalue weighted by atomic mass is 10.1. The van der Waals surface area contributed by atoms with Crippen LogP contribution in [0.25, 0.3) is 0 Å². The minimum atomic E-state index is -0.982. The van der Waals surface area contributed by atoms with Crippen LogP contribution in [0.2, 0.25) is 0 Å². The quantitative estimate of drug-likeness (QED) is 0.818. The highest BCUT2D eigenvalue weighted by molar-refractivity contribution is 5.99. The Labute approximate surface area is 111 Å². The molecule has 1 amide bonds. The van der Waals surface area contributed by atoms with Crippen LogP contribution in [0.4, 0.5) is 0 Å². The van der Waals surface area contributed by atoms with Gasteiger partial charge in [0.25, 0.3) is 5.91 Å². The summed E-state index contributed by atoms with van der Waals surface area (Å²) < 4.78 is 5.37. The van der Waals surface area contributed by atoms with Crippen LogP contribution in [0, 0.1) is 5.92 Å². The van der Waals surface area contributed by atoms with Crippen molar-refractivity contribution in [2.24, 2.45) is 5.92 Å². The number of benzene rings is 1. The fourth-order valence-electron chi connectivity index (χ4n) is 1.97. The monoisotopic (exact) mass is 263 g/mol. The van der Waals surface area contributed by atoms with Crippen LogP contribution < -0.4 is 10.1 Å². The Morgan fingerprint density at radius 2 is 2.11 bits per heavy atom. The second kappa shape index (κ2) is 5.73. The summed E-state index contributed by atoms with van der Waals surface area (Å²) in [6.45, 7) is 2.29. The summed E-state index contributed by atoms with van der Waals surface area (Å²) in [5.41, 5.74) is 0.372. The zero-order chi connectivity index (χ0) is 13.8. The molecule has 102 valence electrons. The fraction of sp³-hybridized carbons (Fsp3) is 0.429. The Balaban J connectivity index is 2.12. The first-order chi connectivity index (χ1) is 9.13. The van der Waals surface area contributed by atoms with Gasteiger partial charge >= 0.3 is 5.97 Å². The van der Waals surface area contributed by atoms with Crippen LogP contribution in [0.1, 0.15) is 30.1 Å². The maximum atomic E-state index is 12.1. The SMILES string of the molecule is CCOc1ccccc1C(=O)NC(C(=O)O)C1CC1. The lowest BCUT2D eigenvalue weighted by molar-refractivity contribution is -0.139. The highest BCUT2D eigenvalue weighted by Crippen LogP contribution is 2.33. The van der Waals surface area contributed by atoms with Gasteiger partial charge in [-0.05, 0) is 37.8 Å². The van der Waals surface area contributed by atoms with Gasteiger partial charge in [-0.1, -0.05) is 12.1 Å². The predicted molar refractivity (Wildman–Crippen MR) is 69.2 cm³/mol. The number of para-hydroxylation sites is 1. The van der Waals surface area contributed by atoms with E-state index in [1.165, 1.54) is 0 Å². The summed E-state index contributed by atoms with van der Waals surface area (Å²) in [4.78, 5) is 23.2. The third-order valence-corrected chi connectivity index (χ3v) is 3.08. The van der Waals surface area contributed by atoms with E-state index in [2.05, 4.69) is 5.32 Å². The molecule has 1 saturated carbocycles. The Morgan fingerprint density at radius 1 is 1.42 bits per heavy atom.